The van der Waals surface area contributed by atoms with E-state index in [1.807, 2.05) is 0 Å². The van der Waals surface area contributed by atoms with E-state index < -0.39 is 41.3 Å². The maximum absolute atomic E-state index is 12.6. The van der Waals surface area contributed by atoms with Crippen molar-refractivity contribution >= 4 is 11.6 Å². The number of ether oxygens (including phenoxy) is 2. The summed E-state index contributed by atoms with van der Waals surface area (Å²) in [4.78, 5) is 3.09. The SMILES string of the molecule is COc1cc(C(F)(F)F)c(CCl)nc1OC(F)(F)F. The number of hydrogen-bond acceptors (Lipinski definition) is 3. The summed E-state index contributed by atoms with van der Waals surface area (Å²) in [5, 5.41) is 0. The van der Waals surface area contributed by atoms with Crippen molar-refractivity contribution in [3.8, 4) is 11.6 Å². The smallest absolute Gasteiger partial charge is 0.491 e. The fourth-order valence-electron chi connectivity index (χ4n) is 1.19. The van der Waals surface area contributed by atoms with Crippen LogP contribution < -0.4 is 9.47 Å². The summed E-state index contributed by atoms with van der Waals surface area (Å²) in [6, 6.07) is 0.353. The fraction of sp³-hybridized carbons (Fsp3) is 0.444. The van der Waals surface area contributed by atoms with Crippen molar-refractivity contribution in [2.75, 3.05) is 7.11 Å². The molecule has 0 saturated carbocycles. The van der Waals surface area contributed by atoms with Gasteiger partial charge in [0.25, 0.3) is 5.88 Å². The lowest BCUT2D eigenvalue weighted by atomic mass is 10.2. The predicted octanol–water partition coefficient (Wildman–Crippen LogP) is 3.75. The Balaban J connectivity index is 3.36. The molecule has 108 valence electrons. The van der Waals surface area contributed by atoms with Crippen LogP contribution in [-0.4, -0.2) is 18.5 Å². The van der Waals surface area contributed by atoms with Gasteiger partial charge in [-0.2, -0.15) is 13.2 Å². The van der Waals surface area contributed by atoms with Crippen molar-refractivity contribution < 1.29 is 35.8 Å². The first-order valence-corrected chi connectivity index (χ1v) is 5.08. The Morgan fingerprint density at radius 1 is 1.21 bits per heavy atom. The fourth-order valence-corrected chi connectivity index (χ4v) is 1.39. The molecule has 19 heavy (non-hydrogen) atoms. The molecule has 1 aromatic rings. The first kappa shape index (κ1) is 15.7. The molecule has 0 radical (unpaired) electrons. The summed E-state index contributed by atoms with van der Waals surface area (Å²) in [5.74, 6) is -2.65. The maximum atomic E-state index is 12.6. The Hall–Kier alpha value is -1.38. The second-order valence-corrected chi connectivity index (χ2v) is 3.44. The number of halogens is 7. The summed E-state index contributed by atoms with van der Waals surface area (Å²) in [6.07, 6.45) is -9.93. The minimum absolute atomic E-state index is 0.353. The molecule has 1 aromatic heterocycles. The number of alkyl halides is 7. The normalized spacial score (nSPS) is 12.4. The third-order valence-corrected chi connectivity index (χ3v) is 2.15. The highest BCUT2D eigenvalue weighted by molar-refractivity contribution is 6.17. The molecule has 1 heterocycles. The predicted molar refractivity (Wildman–Crippen MR) is 52.0 cm³/mol. The number of nitrogens with zero attached hydrogens (tertiary/aromatic N) is 1. The summed E-state index contributed by atoms with van der Waals surface area (Å²) in [5.41, 5.74) is -2.07. The van der Waals surface area contributed by atoms with E-state index in [1.54, 1.807) is 0 Å². The minimum Gasteiger partial charge on any atom is -0.491 e. The van der Waals surface area contributed by atoms with Crippen LogP contribution in [0.3, 0.4) is 0 Å². The zero-order valence-corrected chi connectivity index (χ0v) is 9.95. The van der Waals surface area contributed by atoms with E-state index in [2.05, 4.69) is 14.5 Å². The van der Waals surface area contributed by atoms with Gasteiger partial charge >= 0.3 is 12.5 Å². The molecular weight excluding hydrogens is 304 g/mol. The second kappa shape index (κ2) is 5.32. The molecule has 0 spiro atoms. The number of hydrogen-bond donors (Lipinski definition) is 0. The molecule has 3 nitrogen and oxygen atoms in total. The van der Waals surface area contributed by atoms with Gasteiger partial charge in [0, 0.05) is 0 Å². The molecule has 0 amide bonds. The molecule has 0 saturated heterocycles. The molecule has 0 atom stereocenters. The van der Waals surface area contributed by atoms with Crippen LogP contribution in [0.2, 0.25) is 0 Å². The van der Waals surface area contributed by atoms with Gasteiger partial charge in [-0.1, -0.05) is 0 Å². The summed E-state index contributed by atoms with van der Waals surface area (Å²) >= 11 is 5.24. The lowest BCUT2D eigenvalue weighted by molar-refractivity contribution is -0.276. The number of aromatic nitrogens is 1. The molecule has 0 aliphatic rings. The standard InChI is InChI=1S/C9H6ClF6NO2/c1-18-6-2-4(8(11,12)13)5(3-10)17-7(6)19-9(14,15)16/h2H,3H2,1H3. The van der Waals surface area contributed by atoms with Crippen molar-refractivity contribution in [3.05, 3.63) is 17.3 Å². The highest BCUT2D eigenvalue weighted by atomic mass is 35.5. The van der Waals surface area contributed by atoms with Gasteiger partial charge in [0.05, 0.1) is 24.2 Å². The van der Waals surface area contributed by atoms with E-state index in [-0.39, 0.29) is 0 Å². The molecule has 0 aliphatic carbocycles. The van der Waals surface area contributed by atoms with Gasteiger partial charge < -0.3 is 9.47 Å². The first-order chi connectivity index (χ1) is 8.58. The van der Waals surface area contributed by atoms with Crippen molar-refractivity contribution in [3.63, 3.8) is 0 Å². The van der Waals surface area contributed by atoms with Gasteiger partial charge in [0.2, 0.25) is 0 Å². The lowest BCUT2D eigenvalue weighted by Crippen LogP contribution is -2.20. The second-order valence-electron chi connectivity index (χ2n) is 3.17. The van der Waals surface area contributed by atoms with Crippen LogP contribution in [0.1, 0.15) is 11.3 Å². The molecule has 0 N–H and O–H groups in total. The Bertz CT molecular complexity index is 459. The Labute approximate surface area is 108 Å². The maximum Gasteiger partial charge on any atom is 0.574 e. The Morgan fingerprint density at radius 3 is 2.16 bits per heavy atom. The first-order valence-electron chi connectivity index (χ1n) is 4.55. The van der Waals surface area contributed by atoms with Gasteiger partial charge in [-0.05, 0) is 6.07 Å². The average molecular weight is 310 g/mol. The van der Waals surface area contributed by atoms with E-state index in [9.17, 15) is 26.3 Å². The third-order valence-electron chi connectivity index (χ3n) is 1.90. The van der Waals surface area contributed by atoms with Crippen LogP contribution in [0.25, 0.3) is 0 Å². The zero-order valence-electron chi connectivity index (χ0n) is 9.19. The number of rotatable bonds is 3. The van der Waals surface area contributed by atoms with Crippen LogP contribution in [-0.2, 0) is 12.1 Å². The number of methoxy groups -OCH3 is 1. The van der Waals surface area contributed by atoms with Crippen molar-refractivity contribution in [1.82, 2.24) is 4.98 Å². The van der Waals surface area contributed by atoms with Crippen LogP contribution in [0, 0.1) is 0 Å². The highest BCUT2D eigenvalue weighted by Gasteiger charge is 2.38. The van der Waals surface area contributed by atoms with E-state index in [4.69, 9.17) is 11.6 Å². The largest absolute Gasteiger partial charge is 0.574 e. The van der Waals surface area contributed by atoms with E-state index in [0.717, 1.165) is 7.11 Å². The minimum atomic E-state index is -5.11. The molecule has 0 aliphatic heterocycles. The zero-order chi connectivity index (χ0) is 14.8. The third kappa shape index (κ3) is 4.05. The molecule has 1 rings (SSSR count). The molecule has 0 aromatic carbocycles. The quantitative estimate of drug-likeness (QED) is 0.629. The summed E-state index contributed by atoms with van der Waals surface area (Å²) < 4.78 is 81.8. The van der Waals surface area contributed by atoms with Gasteiger partial charge in [-0.25, -0.2) is 4.98 Å². The van der Waals surface area contributed by atoms with Crippen molar-refractivity contribution in [2.45, 2.75) is 18.4 Å². The van der Waals surface area contributed by atoms with Crippen LogP contribution in [0.15, 0.2) is 6.07 Å². The molecule has 0 fully saturated rings. The van der Waals surface area contributed by atoms with Gasteiger partial charge in [0.15, 0.2) is 5.75 Å². The average Bonchev–Trinajstić information content (AvgIpc) is 2.24. The van der Waals surface area contributed by atoms with Gasteiger partial charge in [-0.15, -0.1) is 24.8 Å². The van der Waals surface area contributed by atoms with Crippen molar-refractivity contribution in [1.29, 1.82) is 0 Å². The van der Waals surface area contributed by atoms with Crippen LogP contribution in [0.4, 0.5) is 26.3 Å². The molecule has 0 unspecified atom stereocenters. The molecule has 10 heteroatoms. The van der Waals surface area contributed by atoms with Gasteiger partial charge in [0.1, 0.15) is 0 Å². The summed E-state index contributed by atoms with van der Waals surface area (Å²) in [7, 11) is 0.890. The topological polar surface area (TPSA) is 31.4 Å². The van der Waals surface area contributed by atoms with Crippen LogP contribution in [0.5, 0.6) is 11.6 Å². The molecular formula is C9H6ClF6NO2. The molecule has 0 bridgehead atoms. The lowest BCUT2D eigenvalue weighted by Gasteiger charge is -2.16. The Kier molecular flexibility index (Phi) is 4.39. The number of pyridine rings is 1. The van der Waals surface area contributed by atoms with Gasteiger partial charge in [-0.3, -0.25) is 0 Å². The highest BCUT2D eigenvalue weighted by Crippen LogP contribution is 2.39. The van der Waals surface area contributed by atoms with E-state index in [1.165, 1.54) is 0 Å². The van der Waals surface area contributed by atoms with E-state index in [0.29, 0.717) is 6.07 Å². The monoisotopic (exact) mass is 309 g/mol. The Morgan fingerprint density at radius 2 is 1.79 bits per heavy atom. The van der Waals surface area contributed by atoms with E-state index >= 15 is 0 Å². The van der Waals surface area contributed by atoms with Crippen molar-refractivity contribution in [2.24, 2.45) is 0 Å². The summed E-state index contributed by atoms with van der Waals surface area (Å²) in [6.45, 7) is 0. The van der Waals surface area contributed by atoms with Crippen LogP contribution >= 0.6 is 11.6 Å².